The third-order valence-electron chi connectivity index (χ3n) is 3.99. The minimum Gasteiger partial charge on any atom is -0.488 e. The number of para-hydroxylation sites is 1. The number of carboxylic acid groups (broad SMARTS) is 1. The second-order valence-electron chi connectivity index (χ2n) is 6.16. The third kappa shape index (κ3) is 5.90. The number of nitrogens with one attached hydrogen (secondary N) is 2. The van der Waals surface area contributed by atoms with Crippen LogP contribution in [0.25, 0.3) is 0 Å². The van der Waals surface area contributed by atoms with E-state index in [0.29, 0.717) is 17.0 Å². The first-order chi connectivity index (χ1) is 14.5. The number of carbonyl (C=O) groups is 2. The van der Waals surface area contributed by atoms with Gasteiger partial charge in [0.05, 0.1) is 11.8 Å². The van der Waals surface area contributed by atoms with Crippen LogP contribution in [0.2, 0.25) is 0 Å². The van der Waals surface area contributed by atoms with Gasteiger partial charge in [0.2, 0.25) is 0 Å². The van der Waals surface area contributed by atoms with E-state index in [0.717, 1.165) is 5.56 Å². The van der Waals surface area contributed by atoms with Crippen LogP contribution in [-0.4, -0.2) is 23.3 Å². The molecule has 0 spiro atoms. The number of rotatable bonds is 7. The van der Waals surface area contributed by atoms with Crippen LogP contribution in [0.1, 0.15) is 21.5 Å². The molecule has 3 aromatic carbocycles. The van der Waals surface area contributed by atoms with Crippen LogP contribution in [-0.2, 0) is 6.61 Å². The Labute approximate surface area is 171 Å². The molecule has 0 radical (unpaired) electrons. The van der Waals surface area contributed by atoms with E-state index in [4.69, 9.17) is 9.84 Å². The quantitative estimate of drug-likeness (QED) is 0.402. The molecule has 2 amide bonds. The second-order valence-corrected chi connectivity index (χ2v) is 6.16. The molecule has 0 aliphatic carbocycles. The monoisotopic (exact) mass is 407 g/mol. The maximum atomic E-state index is 12.9. The van der Waals surface area contributed by atoms with Gasteiger partial charge in [-0.1, -0.05) is 24.3 Å². The summed E-state index contributed by atoms with van der Waals surface area (Å²) in [6, 6.07) is 18.3. The zero-order chi connectivity index (χ0) is 21.3. The van der Waals surface area contributed by atoms with Crippen molar-refractivity contribution in [1.29, 1.82) is 0 Å². The van der Waals surface area contributed by atoms with Crippen molar-refractivity contribution in [2.75, 3.05) is 5.32 Å². The lowest BCUT2D eigenvalue weighted by molar-refractivity contribution is 0.0696. The van der Waals surface area contributed by atoms with Crippen molar-refractivity contribution in [2.45, 2.75) is 6.61 Å². The standard InChI is InChI=1S/C22H18FN3O4/c23-18-9-11-19(12-10-18)25-22(29)26-24-13-17-3-1-2-4-20(17)30-14-15-5-7-16(8-6-15)21(27)28/h1-13H,14H2,(H,27,28)(H2,25,26,29)/b24-13+. The highest BCUT2D eigenvalue weighted by molar-refractivity contribution is 5.91. The van der Waals surface area contributed by atoms with Crippen LogP contribution in [0, 0.1) is 5.82 Å². The Morgan fingerprint density at radius 3 is 2.40 bits per heavy atom. The molecule has 152 valence electrons. The minimum absolute atomic E-state index is 0.205. The van der Waals surface area contributed by atoms with Crippen molar-refractivity contribution < 1.29 is 23.8 Å². The first kappa shape index (κ1) is 20.5. The molecule has 0 unspecified atom stereocenters. The molecule has 3 rings (SSSR count). The van der Waals surface area contributed by atoms with E-state index in [1.807, 2.05) is 0 Å². The van der Waals surface area contributed by atoms with Crippen LogP contribution < -0.4 is 15.5 Å². The van der Waals surface area contributed by atoms with Crippen molar-refractivity contribution in [2.24, 2.45) is 5.10 Å². The fourth-order valence-electron chi connectivity index (χ4n) is 2.48. The zero-order valence-corrected chi connectivity index (χ0v) is 15.7. The summed E-state index contributed by atoms with van der Waals surface area (Å²) in [7, 11) is 0. The minimum atomic E-state index is -0.986. The van der Waals surface area contributed by atoms with E-state index in [1.54, 1.807) is 36.4 Å². The molecule has 0 atom stereocenters. The van der Waals surface area contributed by atoms with Gasteiger partial charge in [0.1, 0.15) is 18.2 Å². The number of ether oxygens (including phenoxy) is 1. The number of urea groups is 1. The molecule has 30 heavy (non-hydrogen) atoms. The van der Waals surface area contributed by atoms with Gasteiger partial charge in [0.15, 0.2) is 0 Å². The number of aromatic carboxylic acids is 1. The average molecular weight is 407 g/mol. The van der Waals surface area contributed by atoms with Crippen molar-refractivity contribution in [3.8, 4) is 5.75 Å². The van der Waals surface area contributed by atoms with Crippen LogP contribution in [0.5, 0.6) is 5.75 Å². The smallest absolute Gasteiger partial charge is 0.339 e. The van der Waals surface area contributed by atoms with Gasteiger partial charge in [0, 0.05) is 11.3 Å². The Balaban J connectivity index is 1.57. The van der Waals surface area contributed by atoms with E-state index in [2.05, 4.69) is 15.8 Å². The van der Waals surface area contributed by atoms with Gasteiger partial charge in [-0.3, -0.25) is 0 Å². The topological polar surface area (TPSA) is 100 Å². The summed E-state index contributed by atoms with van der Waals surface area (Å²) in [6.07, 6.45) is 1.44. The lowest BCUT2D eigenvalue weighted by atomic mass is 10.1. The molecule has 7 nitrogen and oxygen atoms in total. The molecule has 3 N–H and O–H groups in total. The van der Waals surface area contributed by atoms with Crippen molar-refractivity contribution in [1.82, 2.24) is 5.43 Å². The Hall–Kier alpha value is -4.20. The molecule has 0 aliphatic heterocycles. The summed E-state index contributed by atoms with van der Waals surface area (Å²) in [5.74, 6) is -0.835. The summed E-state index contributed by atoms with van der Waals surface area (Å²) >= 11 is 0. The number of anilines is 1. The maximum Gasteiger partial charge on any atom is 0.339 e. The lowest BCUT2D eigenvalue weighted by Crippen LogP contribution is -2.24. The number of carboxylic acids is 1. The number of nitrogens with zero attached hydrogens (tertiary/aromatic N) is 1. The average Bonchev–Trinajstić information content (AvgIpc) is 2.75. The summed E-state index contributed by atoms with van der Waals surface area (Å²) < 4.78 is 18.7. The van der Waals surface area contributed by atoms with Crippen LogP contribution in [0.15, 0.2) is 77.9 Å². The molecular formula is C22H18FN3O4. The molecule has 0 saturated carbocycles. The second kappa shape index (κ2) is 9.83. The van der Waals surface area contributed by atoms with Gasteiger partial charge in [-0.2, -0.15) is 5.10 Å². The normalized spacial score (nSPS) is 10.6. The summed E-state index contributed by atoms with van der Waals surface area (Å²) in [4.78, 5) is 22.8. The van der Waals surface area contributed by atoms with E-state index < -0.39 is 17.8 Å². The first-order valence-corrected chi connectivity index (χ1v) is 8.91. The van der Waals surface area contributed by atoms with Crippen LogP contribution in [0.3, 0.4) is 0 Å². The third-order valence-corrected chi connectivity index (χ3v) is 3.99. The molecule has 0 aliphatic rings. The molecule has 0 saturated heterocycles. The summed E-state index contributed by atoms with van der Waals surface area (Å²) in [6.45, 7) is 0.239. The molecule has 0 heterocycles. The molecule has 0 bridgehead atoms. The van der Waals surface area contributed by atoms with Gasteiger partial charge in [-0.15, -0.1) is 0 Å². The Morgan fingerprint density at radius 1 is 1.00 bits per heavy atom. The predicted octanol–water partition coefficient (Wildman–Crippen LogP) is 4.26. The molecule has 8 heteroatoms. The highest BCUT2D eigenvalue weighted by atomic mass is 19.1. The van der Waals surface area contributed by atoms with Gasteiger partial charge in [-0.05, 0) is 54.1 Å². The largest absolute Gasteiger partial charge is 0.488 e. The van der Waals surface area contributed by atoms with Crippen molar-refractivity contribution >= 4 is 23.9 Å². The van der Waals surface area contributed by atoms with Gasteiger partial charge in [-0.25, -0.2) is 19.4 Å². The maximum absolute atomic E-state index is 12.9. The van der Waals surface area contributed by atoms with Gasteiger partial charge in [0.25, 0.3) is 0 Å². The SMILES string of the molecule is O=C(N/N=C/c1ccccc1OCc1ccc(C(=O)O)cc1)Nc1ccc(F)cc1. The zero-order valence-electron chi connectivity index (χ0n) is 15.7. The highest BCUT2D eigenvalue weighted by Gasteiger charge is 2.05. The van der Waals surface area contributed by atoms with Gasteiger partial charge < -0.3 is 15.2 Å². The van der Waals surface area contributed by atoms with E-state index in [1.165, 1.54) is 42.6 Å². The number of halogens is 1. The number of hydrogen-bond acceptors (Lipinski definition) is 4. The van der Waals surface area contributed by atoms with E-state index in [-0.39, 0.29) is 12.2 Å². The number of carbonyl (C=O) groups excluding carboxylic acids is 1. The molecule has 3 aromatic rings. The predicted molar refractivity (Wildman–Crippen MR) is 110 cm³/mol. The Kier molecular flexibility index (Phi) is 6.73. The van der Waals surface area contributed by atoms with E-state index in [9.17, 15) is 14.0 Å². The number of amides is 2. The van der Waals surface area contributed by atoms with E-state index >= 15 is 0 Å². The fourth-order valence-corrected chi connectivity index (χ4v) is 2.48. The molecular weight excluding hydrogens is 389 g/mol. The van der Waals surface area contributed by atoms with Crippen LogP contribution in [0.4, 0.5) is 14.9 Å². The first-order valence-electron chi connectivity index (χ1n) is 8.91. The Bertz CT molecular complexity index is 1050. The van der Waals surface area contributed by atoms with Crippen LogP contribution >= 0.6 is 0 Å². The van der Waals surface area contributed by atoms with Gasteiger partial charge >= 0.3 is 12.0 Å². The van der Waals surface area contributed by atoms with Crippen molar-refractivity contribution in [3.63, 3.8) is 0 Å². The number of benzene rings is 3. The lowest BCUT2D eigenvalue weighted by Gasteiger charge is -2.09. The molecule has 0 aromatic heterocycles. The number of hydrogen-bond donors (Lipinski definition) is 3. The molecule has 0 fully saturated rings. The summed E-state index contributed by atoms with van der Waals surface area (Å²) in [5.41, 5.74) is 4.41. The highest BCUT2D eigenvalue weighted by Crippen LogP contribution is 2.18. The summed E-state index contributed by atoms with van der Waals surface area (Å²) in [5, 5.41) is 15.4. The fraction of sp³-hybridized carbons (Fsp3) is 0.0455. The van der Waals surface area contributed by atoms with Crippen molar-refractivity contribution in [3.05, 3.63) is 95.3 Å². The number of hydrazone groups is 1. The Morgan fingerprint density at radius 2 is 1.70 bits per heavy atom.